The van der Waals surface area contributed by atoms with Crippen molar-refractivity contribution in [3.63, 3.8) is 0 Å². The Balaban J connectivity index is 0.000000218. The predicted molar refractivity (Wildman–Crippen MR) is 219 cm³/mol. The van der Waals surface area contributed by atoms with Gasteiger partial charge in [0.25, 0.3) is 0 Å². The Kier molecular flexibility index (Phi) is 18.4. The SMILES string of the molecule is COC(=O)CCC1CNc2cccc(O)c21.COC(=O)CCC1CNc2cccc(O)c21.COC(=O)CCC1CNc2cccc(O)c21.O=C(O)CC(O)(CC(=O)O)C(=O)O. The number of carbonyl (C=O) groups is 6. The van der Waals surface area contributed by atoms with Crippen molar-refractivity contribution in [2.24, 2.45) is 0 Å². The van der Waals surface area contributed by atoms with Gasteiger partial charge in [0.05, 0.1) is 34.2 Å². The summed E-state index contributed by atoms with van der Waals surface area (Å²) < 4.78 is 13.8. The third-order valence-electron chi connectivity index (χ3n) is 10.2. The minimum Gasteiger partial charge on any atom is -0.508 e. The monoisotopic (exact) mass is 855 g/mol. The quantitative estimate of drug-likeness (QED) is 0.0797. The van der Waals surface area contributed by atoms with E-state index in [2.05, 4.69) is 30.2 Å². The van der Waals surface area contributed by atoms with Crippen LogP contribution in [0, 0.1) is 0 Å². The number of phenols is 3. The summed E-state index contributed by atoms with van der Waals surface area (Å²) in [7, 11) is 4.17. The number of methoxy groups -OCH3 is 3. The maximum absolute atomic E-state index is 11.1. The molecule has 3 aromatic rings. The van der Waals surface area contributed by atoms with E-state index in [1.165, 1.54) is 21.3 Å². The first-order valence-corrected chi connectivity index (χ1v) is 19.2. The van der Waals surface area contributed by atoms with Gasteiger partial charge in [-0.2, -0.15) is 0 Å². The molecule has 0 radical (unpaired) electrons. The number of benzene rings is 3. The van der Waals surface area contributed by atoms with Crippen molar-refractivity contribution in [2.45, 2.75) is 74.7 Å². The van der Waals surface area contributed by atoms with Gasteiger partial charge >= 0.3 is 35.8 Å². The number of aliphatic hydroxyl groups is 1. The highest BCUT2D eigenvalue weighted by atomic mass is 16.5. The van der Waals surface area contributed by atoms with Crippen LogP contribution in [-0.2, 0) is 43.0 Å². The predicted octanol–water partition coefficient (Wildman–Crippen LogP) is 4.32. The topological polar surface area (TPSA) is 308 Å². The van der Waals surface area contributed by atoms with Crippen LogP contribution in [0.25, 0.3) is 0 Å². The third kappa shape index (κ3) is 14.2. The van der Waals surface area contributed by atoms with Crippen molar-refractivity contribution in [1.29, 1.82) is 0 Å². The number of rotatable bonds is 14. The lowest BCUT2D eigenvalue weighted by atomic mass is 9.95. The first kappa shape index (κ1) is 48.6. The second kappa shape index (κ2) is 23.1. The average molecular weight is 856 g/mol. The molecule has 3 aliphatic rings. The largest absolute Gasteiger partial charge is 0.508 e. The zero-order valence-corrected chi connectivity index (χ0v) is 34.0. The summed E-state index contributed by atoms with van der Waals surface area (Å²) >= 11 is 0. The molecule has 61 heavy (non-hydrogen) atoms. The fraction of sp³-hybridized carbons (Fsp3) is 0.429. The number of aliphatic carboxylic acids is 3. The number of carboxylic acid groups (broad SMARTS) is 3. The summed E-state index contributed by atoms with van der Waals surface area (Å²) in [6.45, 7) is 2.30. The Morgan fingerprint density at radius 2 is 0.820 bits per heavy atom. The van der Waals surface area contributed by atoms with Crippen LogP contribution in [0.3, 0.4) is 0 Å². The van der Waals surface area contributed by atoms with Crippen molar-refractivity contribution in [3.8, 4) is 17.2 Å². The summed E-state index contributed by atoms with van der Waals surface area (Å²) in [5.41, 5.74) is 2.93. The molecule has 19 heteroatoms. The highest BCUT2D eigenvalue weighted by Crippen LogP contribution is 2.42. The molecule has 0 aromatic heterocycles. The molecule has 3 atom stereocenters. The van der Waals surface area contributed by atoms with E-state index in [1.54, 1.807) is 18.2 Å². The molecular weight excluding hydrogens is 802 g/mol. The van der Waals surface area contributed by atoms with Crippen LogP contribution in [0.1, 0.15) is 85.8 Å². The van der Waals surface area contributed by atoms with E-state index in [9.17, 15) is 44.1 Å². The van der Waals surface area contributed by atoms with Gasteiger partial charge in [0, 0.05) is 90.4 Å². The van der Waals surface area contributed by atoms with Gasteiger partial charge in [0.2, 0.25) is 0 Å². The molecule has 3 aliphatic heterocycles. The molecule has 0 saturated carbocycles. The number of carboxylic acids is 3. The second-order valence-electron chi connectivity index (χ2n) is 14.3. The number of carbonyl (C=O) groups excluding carboxylic acids is 3. The maximum atomic E-state index is 11.1. The highest BCUT2D eigenvalue weighted by Gasteiger charge is 2.41. The summed E-state index contributed by atoms with van der Waals surface area (Å²) in [5, 5.41) is 72.8. The zero-order valence-electron chi connectivity index (χ0n) is 34.0. The van der Waals surface area contributed by atoms with E-state index in [0.29, 0.717) is 55.8 Å². The lowest BCUT2D eigenvalue weighted by Crippen LogP contribution is -2.42. The number of phenolic OH excluding ortho intramolecular Hbond substituents is 3. The molecule has 0 fully saturated rings. The number of hydrogen-bond acceptors (Lipinski definition) is 16. The lowest BCUT2D eigenvalue weighted by molar-refractivity contribution is -0.170. The summed E-state index contributed by atoms with van der Waals surface area (Å²) in [6, 6.07) is 16.3. The molecule has 3 aromatic carbocycles. The standard InChI is InChI=1S/3C12H15NO3.C6H8O7/c3*1-16-11(15)6-5-8-7-13-9-3-2-4-10(14)12(8)9;7-3(8)1-6(13,5(11)12)2-4(9)10/h3*2-4,8,13-14H,5-7H2,1H3;13H,1-2H2,(H,7,8)(H,9,10)(H,11,12). The molecule has 3 heterocycles. The molecule has 10 N–H and O–H groups in total. The van der Waals surface area contributed by atoms with Crippen LogP contribution >= 0.6 is 0 Å². The molecule has 0 saturated heterocycles. The van der Waals surface area contributed by atoms with Gasteiger partial charge in [0.1, 0.15) is 17.2 Å². The van der Waals surface area contributed by atoms with Gasteiger partial charge < -0.3 is 65.9 Å². The Morgan fingerprint density at radius 1 is 0.541 bits per heavy atom. The van der Waals surface area contributed by atoms with E-state index in [0.717, 1.165) is 53.4 Å². The minimum atomic E-state index is -2.74. The highest BCUT2D eigenvalue weighted by molar-refractivity contribution is 5.88. The fourth-order valence-corrected chi connectivity index (χ4v) is 7.05. The van der Waals surface area contributed by atoms with Crippen LogP contribution in [-0.4, -0.2) is 118 Å². The Labute approximate surface area is 351 Å². The number of ether oxygens (including phenoxy) is 3. The van der Waals surface area contributed by atoms with Crippen molar-refractivity contribution in [3.05, 3.63) is 71.3 Å². The van der Waals surface area contributed by atoms with Crippen molar-refractivity contribution in [1.82, 2.24) is 0 Å². The molecule has 0 aliphatic carbocycles. The van der Waals surface area contributed by atoms with Crippen LogP contribution in [0.15, 0.2) is 54.6 Å². The van der Waals surface area contributed by atoms with Crippen molar-refractivity contribution < 1.29 is 78.7 Å². The molecule has 6 rings (SSSR count). The summed E-state index contributed by atoms with van der Waals surface area (Å²) in [6.07, 6.45) is 0.964. The number of hydrogen-bond donors (Lipinski definition) is 10. The molecule has 0 amide bonds. The molecule has 19 nitrogen and oxygen atoms in total. The number of aromatic hydroxyl groups is 3. The van der Waals surface area contributed by atoms with Crippen LogP contribution in [0.4, 0.5) is 17.1 Å². The van der Waals surface area contributed by atoms with Crippen LogP contribution in [0.5, 0.6) is 17.2 Å². The second-order valence-corrected chi connectivity index (χ2v) is 14.3. The number of anilines is 3. The molecule has 3 unspecified atom stereocenters. The van der Waals surface area contributed by atoms with Crippen LogP contribution < -0.4 is 16.0 Å². The maximum Gasteiger partial charge on any atom is 0.336 e. The van der Waals surface area contributed by atoms with Crippen molar-refractivity contribution >= 4 is 52.9 Å². The Hall–Kier alpha value is -6.76. The number of nitrogens with one attached hydrogen (secondary N) is 3. The number of esters is 3. The Bertz CT molecular complexity index is 1820. The molecular formula is C42H53N3O16. The normalized spacial score (nSPS) is 16.2. The van der Waals surface area contributed by atoms with Crippen molar-refractivity contribution in [2.75, 3.05) is 56.9 Å². The lowest BCUT2D eigenvalue weighted by Gasteiger charge is -2.18. The first-order valence-electron chi connectivity index (χ1n) is 19.2. The van der Waals surface area contributed by atoms with Gasteiger partial charge in [-0.15, -0.1) is 0 Å². The first-order chi connectivity index (χ1) is 28.9. The van der Waals surface area contributed by atoms with Gasteiger partial charge in [-0.05, 0) is 55.7 Å². The number of fused-ring (bicyclic) bond motifs is 3. The average Bonchev–Trinajstić information content (AvgIpc) is 3.96. The van der Waals surface area contributed by atoms with E-state index in [4.69, 9.17) is 20.4 Å². The smallest absolute Gasteiger partial charge is 0.336 e. The van der Waals surface area contributed by atoms with Gasteiger partial charge in [0.15, 0.2) is 5.60 Å². The van der Waals surface area contributed by atoms with E-state index in [1.807, 2.05) is 36.4 Å². The molecule has 0 bridgehead atoms. The van der Waals surface area contributed by atoms with Gasteiger partial charge in [-0.25, -0.2) is 4.79 Å². The van der Waals surface area contributed by atoms with Gasteiger partial charge in [-0.3, -0.25) is 24.0 Å². The third-order valence-corrected chi connectivity index (χ3v) is 10.2. The Morgan fingerprint density at radius 3 is 1.05 bits per heavy atom. The zero-order chi connectivity index (χ0) is 45.3. The fourth-order valence-electron chi connectivity index (χ4n) is 7.05. The van der Waals surface area contributed by atoms with Crippen LogP contribution in [0.2, 0.25) is 0 Å². The molecule has 332 valence electrons. The van der Waals surface area contributed by atoms with E-state index in [-0.39, 0.29) is 35.7 Å². The molecule has 0 spiro atoms. The minimum absolute atomic E-state index is 0.190. The van der Waals surface area contributed by atoms with E-state index < -0.39 is 36.4 Å². The van der Waals surface area contributed by atoms with Gasteiger partial charge in [-0.1, -0.05) is 18.2 Å². The summed E-state index contributed by atoms with van der Waals surface area (Å²) in [5.74, 6) is -4.15. The summed E-state index contributed by atoms with van der Waals surface area (Å²) in [4.78, 5) is 63.7. The van der Waals surface area contributed by atoms with E-state index >= 15 is 0 Å².